The minimum absolute atomic E-state index is 0.451. The van der Waals surface area contributed by atoms with Crippen LogP contribution in [0.1, 0.15) is 5.56 Å². The fourth-order valence-corrected chi connectivity index (χ4v) is 1.51. The molecule has 0 saturated heterocycles. The molecular weight excluding hydrogens is 270 g/mol. The van der Waals surface area contributed by atoms with Crippen molar-refractivity contribution in [2.45, 2.75) is 6.92 Å². The summed E-state index contributed by atoms with van der Waals surface area (Å²) in [5.41, 5.74) is 7.46. The molecule has 1 aromatic carbocycles. The maximum Gasteiger partial charge on any atom is 0.236 e. The van der Waals surface area contributed by atoms with Crippen molar-refractivity contribution in [2.75, 3.05) is 5.73 Å². The van der Waals surface area contributed by atoms with E-state index in [0.717, 1.165) is 5.56 Å². The van der Waals surface area contributed by atoms with Crippen molar-refractivity contribution >= 4 is 21.6 Å². The number of nitrogens with two attached hydrogens (primary N) is 1. The smallest absolute Gasteiger partial charge is 0.236 e. The van der Waals surface area contributed by atoms with Gasteiger partial charge in [0.25, 0.3) is 0 Å². The van der Waals surface area contributed by atoms with E-state index in [-0.39, 0.29) is 0 Å². The van der Waals surface area contributed by atoms with E-state index >= 15 is 0 Å². The quantitative estimate of drug-likeness (QED) is 0.859. The lowest BCUT2D eigenvalue weighted by molar-refractivity contribution is 0.460. The molecule has 2 aromatic rings. The lowest BCUT2D eigenvalue weighted by Gasteiger charge is -2.08. The van der Waals surface area contributed by atoms with Crippen molar-refractivity contribution in [2.24, 2.45) is 0 Å². The molecule has 1 aromatic heterocycles. The van der Waals surface area contributed by atoms with Gasteiger partial charge in [0, 0.05) is 6.20 Å². The highest BCUT2D eigenvalue weighted by Crippen LogP contribution is 2.30. The van der Waals surface area contributed by atoms with Gasteiger partial charge in [0.15, 0.2) is 5.75 Å². The molecule has 0 radical (unpaired) electrons. The number of ether oxygens (including phenoxy) is 1. The number of aromatic nitrogens is 2. The van der Waals surface area contributed by atoms with Crippen molar-refractivity contribution in [3.05, 3.63) is 40.8 Å². The average Bonchev–Trinajstić information content (AvgIpc) is 2.27. The molecule has 0 unspecified atom stereocenters. The van der Waals surface area contributed by atoms with Crippen LogP contribution in [0.15, 0.2) is 35.2 Å². The summed E-state index contributed by atoms with van der Waals surface area (Å²) in [6.45, 7) is 1.97. The third kappa shape index (κ3) is 2.30. The van der Waals surface area contributed by atoms with Gasteiger partial charge in [-0.15, -0.1) is 0 Å². The first kappa shape index (κ1) is 10.9. The average molecular weight is 280 g/mol. The van der Waals surface area contributed by atoms with Gasteiger partial charge in [-0.2, -0.15) is 0 Å². The molecule has 2 N–H and O–H groups in total. The zero-order valence-electron chi connectivity index (χ0n) is 8.64. The number of hydrogen-bond acceptors (Lipinski definition) is 4. The van der Waals surface area contributed by atoms with Crippen LogP contribution in [0.3, 0.4) is 0 Å². The SMILES string of the molecule is Cc1ccc(N)c(Oc2ncncc2Br)c1. The predicted molar refractivity (Wildman–Crippen MR) is 65.4 cm³/mol. The Morgan fingerprint density at radius 1 is 1.38 bits per heavy atom. The second kappa shape index (κ2) is 4.49. The Bertz CT molecular complexity index is 516. The zero-order valence-corrected chi connectivity index (χ0v) is 10.2. The highest BCUT2D eigenvalue weighted by Gasteiger charge is 2.06. The van der Waals surface area contributed by atoms with Crippen molar-refractivity contribution < 1.29 is 4.74 Å². The van der Waals surface area contributed by atoms with E-state index in [1.165, 1.54) is 6.33 Å². The number of benzene rings is 1. The number of aryl methyl sites for hydroxylation is 1. The van der Waals surface area contributed by atoms with Gasteiger partial charge in [-0.25, -0.2) is 9.97 Å². The standard InChI is InChI=1S/C11H10BrN3O/c1-7-2-3-9(13)10(4-7)16-11-8(12)5-14-6-15-11/h2-6H,13H2,1H3. The van der Waals surface area contributed by atoms with Crippen LogP contribution < -0.4 is 10.5 Å². The highest BCUT2D eigenvalue weighted by molar-refractivity contribution is 9.10. The van der Waals surface area contributed by atoms with Crippen LogP contribution in [0.2, 0.25) is 0 Å². The number of nitrogens with zero attached hydrogens (tertiary/aromatic N) is 2. The van der Waals surface area contributed by atoms with Crippen LogP contribution in [0.4, 0.5) is 5.69 Å². The van der Waals surface area contributed by atoms with Gasteiger partial charge in [-0.05, 0) is 40.5 Å². The zero-order chi connectivity index (χ0) is 11.5. The second-order valence-electron chi connectivity index (χ2n) is 3.32. The van der Waals surface area contributed by atoms with Crippen LogP contribution in [-0.2, 0) is 0 Å². The third-order valence-corrected chi connectivity index (χ3v) is 2.55. The number of rotatable bonds is 2. The van der Waals surface area contributed by atoms with E-state index in [4.69, 9.17) is 10.5 Å². The molecule has 4 nitrogen and oxygen atoms in total. The van der Waals surface area contributed by atoms with Gasteiger partial charge in [0.05, 0.1) is 10.2 Å². The summed E-state index contributed by atoms with van der Waals surface area (Å²) in [4.78, 5) is 7.87. The van der Waals surface area contributed by atoms with Gasteiger partial charge < -0.3 is 10.5 Å². The molecule has 0 aliphatic carbocycles. The molecule has 0 amide bonds. The number of halogens is 1. The van der Waals surface area contributed by atoms with Gasteiger partial charge in [-0.1, -0.05) is 6.07 Å². The van der Waals surface area contributed by atoms with Crippen LogP contribution in [0.5, 0.6) is 11.6 Å². The van der Waals surface area contributed by atoms with Crippen molar-refractivity contribution in [3.8, 4) is 11.6 Å². The number of hydrogen-bond donors (Lipinski definition) is 1. The van der Waals surface area contributed by atoms with E-state index in [1.54, 1.807) is 12.3 Å². The maximum atomic E-state index is 5.80. The summed E-state index contributed by atoms with van der Waals surface area (Å²) in [6, 6.07) is 5.60. The topological polar surface area (TPSA) is 61.0 Å². The Morgan fingerprint density at radius 2 is 2.19 bits per heavy atom. The number of nitrogen functional groups attached to an aromatic ring is 1. The molecule has 16 heavy (non-hydrogen) atoms. The molecule has 2 rings (SSSR count). The molecular formula is C11H10BrN3O. The maximum absolute atomic E-state index is 5.80. The molecule has 0 saturated carbocycles. The Hall–Kier alpha value is -1.62. The van der Waals surface area contributed by atoms with Gasteiger partial charge >= 0.3 is 0 Å². The van der Waals surface area contributed by atoms with E-state index < -0.39 is 0 Å². The van der Waals surface area contributed by atoms with Crippen molar-refractivity contribution in [3.63, 3.8) is 0 Å². The van der Waals surface area contributed by atoms with Crippen LogP contribution in [0, 0.1) is 6.92 Å². The first-order valence-electron chi connectivity index (χ1n) is 4.66. The van der Waals surface area contributed by atoms with Crippen molar-refractivity contribution in [1.29, 1.82) is 0 Å². The molecule has 0 spiro atoms. The Balaban J connectivity index is 2.34. The molecule has 82 valence electrons. The summed E-state index contributed by atoms with van der Waals surface area (Å²) in [7, 11) is 0. The summed E-state index contributed by atoms with van der Waals surface area (Å²) in [5.74, 6) is 1.05. The molecule has 0 fully saturated rings. The molecule has 0 bridgehead atoms. The van der Waals surface area contributed by atoms with Gasteiger partial charge in [0.1, 0.15) is 6.33 Å². The largest absolute Gasteiger partial charge is 0.436 e. The fraction of sp³-hybridized carbons (Fsp3) is 0.0909. The van der Waals surface area contributed by atoms with Gasteiger partial charge in [0.2, 0.25) is 5.88 Å². The van der Waals surface area contributed by atoms with E-state index in [9.17, 15) is 0 Å². The summed E-state index contributed by atoms with van der Waals surface area (Å²) in [5, 5.41) is 0. The number of anilines is 1. The van der Waals surface area contributed by atoms with Gasteiger partial charge in [-0.3, -0.25) is 0 Å². The summed E-state index contributed by atoms with van der Waals surface area (Å²) < 4.78 is 6.29. The van der Waals surface area contributed by atoms with E-state index in [2.05, 4.69) is 25.9 Å². The normalized spacial score (nSPS) is 10.1. The summed E-state index contributed by atoms with van der Waals surface area (Å²) in [6.07, 6.45) is 3.04. The molecule has 1 heterocycles. The van der Waals surface area contributed by atoms with Crippen molar-refractivity contribution in [1.82, 2.24) is 9.97 Å². The second-order valence-corrected chi connectivity index (χ2v) is 4.17. The Morgan fingerprint density at radius 3 is 2.94 bits per heavy atom. The monoisotopic (exact) mass is 279 g/mol. The van der Waals surface area contributed by atoms with Crippen LogP contribution in [-0.4, -0.2) is 9.97 Å². The lowest BCUT2D eigenvalue weighted by atomic mass is 10.2. The Kier molecular flexibility index (Phi) is 3.05. The molecule has 5 heteroatoms. The first-order chi connectivity index (χ1) is 7.66. The lowest BCUT2D eigenvalue weighted by Crippen LogP contribution is -1.95. The fourth-order valence-electron chi connectivity index (χ4n) is 1.21. The highest BCUT2D eigenvalue weighted by atomic mass is 79.9. The molecule has 0 aliphatic rings. The summed E-state index contributed by atoms with van der Waals surface area (Å²) >= 11 is 3.31. The molecule has 0 atom stereocenters. The first-order valence-corrected chi connectivity index (χ1v) is 5.45. The van der Waals surface area contributed by atoms with E-state index in [1.807, 2.05) is 19.1 Å². The molecule has 0 aliphatic heterocycles. The third-order valence-electron chi connectivity index (χ3n) is 2.01. The minimum Gasteiger partial charge on any atom is -0.436 e. The Labute approximate surface area is 102 Å². The minimum atomic E-state index is 0.451. The predicted octanol–water partition coefficient (Wildman–Crippen LogP) is 2.92. The van der Waals surface area contributed by atoms with Crippen LogP contribution in [0.25, 0.3) is 0 Å². The van der Waals surface area contributed by atoms with E-state index in [0.29, 0.717) is 21.8 Å². The van der Waals surface area contributed by atoms with Crippen LogP contribution >= 0.6 is 15.9 Å².